The Labute approximate surface area is 229 Å². The van der Waals surface area contributed by atoms with Crippen LogP contribution in [0.15, 0.2) is 21.7 Å². The van der Waals surface area contributed by atoms with Crippen molar-refractivity contribution in [1.82, 2.24) is 9.88 Å². The molecule has 0 spiro atoms. The van der Waals surface area contributed by atoms with E-state index in [0.29, 0.717) is 23.2 Å². The number of nitrogens with zero attached hydrogens (tertiary/aromatic N) is 3. The molecule has 1 aliphatic heterocycles. The second kappa shape index (κ2) is 11.7. The molecule has 0 saturated carbocycles. The Bertz CT molecular complexity index is 972. The number of rotatable bonds is 8. The van der Waals surface area contributed by atoms with Gasteiger partial charge in [0.15, 0.2) is 5.17 Å². The SMILES string of the molecule is COc1ncc(Br)cc1[C@@]1(C)N=C(N(COCC[Si](C)(C)C)C(=O)OC(C)(C)C)S[C@](C)(CF)[C@H]1C. The van der Waals surface area contributed by atoms with Crippen molar-refractivity contribution in [3.05, 3.63) is 22.3 Å². The number of aliphatic imine (C=N–C) groups is 1. The monoisotopic (exact) mass is 605 g/mol. The smallest absolute Gasteiger partial charge is 0.418 e. The number of hydrogen-bond acceptors (Lipinski definition) is 7. The first-order chi connectivity index (χ1) is 16.5. The van der Waals surface area contributed by atoms with Gasteiger partial charge in [0.1, 0.15) is 19.0 Å². The number of amidine groups is 1. The molecule has 0 unspecified atom stereocenters. The number of thioether (sulfide) groups is 1. The summed E-state index contributed by atoms with van der Waals surface area (Å²) < 4.78 is 31.8. The zero-order valence-electron chi connectivity index (χ0n) is 23.2. The average molecular weight is 607 g/mol. The Morgan fingerprint density at radius 2 is 1.94 bits per heavy atom. The van der Waals surface area contributed by atoms with Crippen LogP contribution in [0.5, 0.6) is 5.88 Å². The Kier molecular flexibility index (Phi) is 10.1. The number of methoxy groups -OCH3 is 1. The van der Waals surface area contributed by atoms with E-state index in [1.807, 2.05) is 26.8 Å². The third-order valence-corrected chi connectivity index (χ3v) is 9.86. The molecular weight excluding hydrogens is 565 g/mol. The number of carbonyl (C=O) groups excluding carboxylic acids is 1. The van der Waals surface area contributed by atoms with Crippen molar-refractivity contribution in [2.45, 2.75) is 83.1 Å². The zero-order valence-corrected chi connectivity index (χ0v) is 26.6. The largest absolute Gasteiger partial charge is 0.481 e. The number of carbonyl (C=O) groups is 1. The van der Waals surface area contributed by atoms with Crippen LogP contribution in [0.25, 0.3) is 0 Å². The topological polar surface area (TPSA) is 73.3 Å². The van der Waals surface area contributed by atoms with E-state index in [0.717, 1.165) is 10.5 Å². The molecule has 0 aromatic carbocycles. The third-order valence-electron chi connectivity index (χ3n) is 6.29. The maximum atomic E-state index is 14.7. The highest BCUT2D eigenvalue weighted by Crippen LogP contribution is 2.52. The van der Waals surface area contributed by atoms with Crippen LogP contribution < -0.4 is 4.74 Å². The van der Waals surface area contributed by atoms with Crippen molar-refractivity contribution in [3.63, 3.8) is 0 Å². The lowest BCUT2D eigenvalue weighted by Gasteiger charge is -2.48. The quantitative estimate of drug-likeness (QED) is 0.179. The van der Waals surface area contributed by atoms with Crippen molar-refractivity contribution in [2.24, 2.45) is 10.9 Å². The molecule has 2 heterocycles. The molecule has 0 bridgehead atoms. The Morgan fingerprint density at radius 1 is 1.31 bits per heavy atom. The minimum absolute atomic E-state index is 0.0358. The molecule has 1 aromatic rings. The molecule has 1 amide bonds. The fourth-order valence-corrected chi connectivity index (χ4v) is 6.19. The van der Waals surface area contributed by atoms with E-state index in [1.165, 1.54) is 16.7 Å². The normalized spacial score (nSPS) is 24.8. The molecule has 204 valence electrons. The van der Waals surface area contributed by atoms with E-state index in [1.54, 1.807) is 34.1 Å². The molecule has 0 aliphatic carbocycles. The van der Waals surface area contributed by atoms with Gasteiger partial charge >= 0.3 is 6.09 Å². The average Bonchev–Trinajstić information content (AvgIpc) is 2.75. The number of hydrogen-bond donors (Lipinski definition) is 0. The van der Waals surface area contributed by atoms with E-state index in [9.17, 15) is 9.18 Å². The highest BCUT2D eigenvalue weighted by molar-refractivity contribution is 9.10. The summed E-state index contributed by atoms with van der Waals surface area (Å²) in [5, 5.41) is 0.347. The summed E-state index contributed by atoms with van der Waals surface area (Å²) in [6, 6.07) is 2.84. The molecule has 3 atom stereocenters. The van der Waals surface area contributed by atoms with Gasteiger partial charge in [-0.2, -0.15) is 0 Å². The highest BCUT2D eigenvalue weighted by atomic mass is 79.9. The van der Waals surface area contributed by atoms with E-state index >= 15 is 0 Å². The molecule has 0 N–H and O–H groups in total. The Morgan fingerprint density at radius 3 is 2.47 bits per heavy atom. The van der Waals surface area contributed by atoms with E-state index in [-0.39, 0.29) is 12.6 Å². The molecule has 36 heavy (non-hydrogen) atoms. The first-order valence-electron chi connectivity index (χ1n) is 12.1. The van der Waals surface area contributed by atoms with Crippen LogP contribution in [-0.2, 0) is 15.0 Å². The van der Waals surface area contributed by atoms with Crippen LogP contribution in [-0.4, -0.2) is 66.7 Å². The summed E-state index contributed by atoms with van der Waals surface area (Å²) in [7, 11) is 0.220. The number of ether oxygens (including phenoxy) is 3. The minimum atomic E-state index is -1.33. The number of pyridine rings is 1. The fourth-order valence-electron chi connectivity index (χ4n) is 3.75. The molecule has 11 heteroatoms. The highest BCUT2D eigenvalue weighted by Gasteiger charge is 2.52. The van der Waals surface area contributed by atoms with E-state index in [4.69, 9.17) is 19.2 Å². The third kappa shape index (κ3) is 7.67. The lowest BCUT2D eigenvalue weighted by atomic mass is 9.74. The van der Waals surface area contributed by atoms with Gasteiger partial charge in [-0.25, -0.2) is 19.1 Å². The van der Waals surface area contributed by atoms with Crippen LogP contribution in [0.1, 0.15) is 47.1 Å². The lowest BCUT2D eigenvalue weighted by molar-refractivity contribution is 0.0108. The standard InChI is InChI=1S/C25H41BrFN3O4SSi/c1-17-24(5,15-27)35-21(29-25(17,6)19-13-18(26)14-28-20(19)32-7)30(22(31)34-23(2,3)4)16-33-11-12-36(8,9)10/h13-14,17H,11-12,15-16H2,1-10H3/t17-,24-,25+/m1/s1. The van der Waals surface area contributed by atoms with Gasteiger partial charge in [0.05, 0.1) is 17.4 Å². The van der Waals surface area contributed by atoms with Gasteiger partial charge in [0.2, 0.25) is 5.88 Å². The number of amides is 1. The van der Waals surface area contributed by atoms with Crippen molar-refractivity contribution in [1.29, 1.82) is 0 Å². The number of alkyl halides is 1. The van der Waals surface area contributed by atoms with Crippen molar-refractivity contribution in [2.75, 3.05) is 27.1 Å². The summed E-state index contributed by atoms with van der Waals surface area (Å²) in [6.45, 7) is 17.8. The van der Waals surface area contributed by atoms with Crippen molar-refractivity contribution < 1.29 is 23.4 Å². The molecule has 1 aliphatic rings. The summed E-state index contributed by atoms with van der Waals surface area (Å²) in [4.78, 5) is 24.2. The fraction of sp³-hybridized carbons (Fsp3) is 0.720. The molecular formula is C25H41BrFN3O4SSi. The predicted molar refractivity (Wildman–Crippen MR) is 151 cm³/mol. The van der Waals surface area contributed by atoms with Gasteiger partial charge in [-0.15, -0.1) is 0 Å². The van der Waals surface area contributed by atoms with Gasteiger partial charge in [0, 0.05) is 36.8 Å². The van der Waals surface area contributed by atoms with Gasteiger partial charge in [0.25, 0.3) is 0 Å². The van der Waals surface area contributed by atoms with E-state index < -0.39 is 36.7 Å². The predicted octanol–water partition coefficient (Wildman–Crippen LogP) is 7.08. The van der Waals surface area contributed by atoms with Crippen molar-refractivity contribution in [3.8, 4) is 5.88 Å². The molecule has 7 nitrogen and oxygen atoms in total. The molecule has 0 radical (unpaired) electrons. The van der Waals surface area contributed by atoms with Gasteiger partial charge in [-0.3, -0.25) is 4.99 Å². The maximum Gasteiger partial charge on any atom is 0.418 e. The van der Waals surface area contributed by atoms with Crippen LogP contribution in [0.4, 0.5) is 9.18 Å². The minimum Gasteiger partial charge on any atom is -0.481 e. The number of halogens is 2. The molecule has 2 rings (SSSR count). The van der Waals surface area contributed by atoms with Gasteiger partial charge in [-0.1, -0.05) is 38.3 Å². The van der Waals surface area contributed by atoms with Crippen LogP contribution >= 0.6 is 27.7 Å². The second-order valence-electron chi connectivity index (χ2n) is 11.8. The number of aromatic nitrogens is 1. The van der Waals surface area contributed by atoms with Crippen LogP contribution in [0.3, 0.4) is 0 Å². The molecule has 0 fully saturated rings. The first-order valence-corrected chi connectivity index (χ1v) is 17.4. The maximum absolute atomic E-state index is 14.7. The van der Waals surface area contributed by atoms with Crippen LogP contribution in [0, 0.1) is 5.92 Å². The van der Waals surface area contributed by atoms with Gasteiger partial charge < -0.3 is 14.2 Å². The summed E-state index contributed by atoms with van der Waals surface area (Å²) in [6.07, 6.45) is 1.06. The van der Waals surface area contributed by atoms with Crippen LogP contribution in [0.2, 0.25) is 25.7 Å². The van der Waals surface area contributed by atoms with E-state index in [2.05, 4.69) is 40.6 Å². The lowest BCUT2D eigenvalue weighted by Crippen LogP contribution is -2.52. The molecule has 1 aromatic heterocycles. The zero-order chi connectivity index (χ0) is 27.5. The molecule has 0 saturated heterocycles. The summed E-state index contributed by atoms with van der Waals surface area (Å²) in [5.74, 6) is 0.140. The summed E-state index contributed by atoms with van der Waals surface area (Å²) in [5.41, 5.74) is -0.958. The van der Waals surface area contributed by atoms with Crippen molar-refractivity contribution >= 4 is 47.0 Å². The van der Waals surface area contributed by atoms with Gasteiger partial charge in [-0.05, 0) is 62.7 Å². The summed E-state index contributed by atoms with van der Waals surface area (Å²) >= 11 is 4.73. The Hall–Kier alpha value is -1.17. The second-order valence-corrected chi connectivity index (χ2v) is 19.8. The Balaban J connectivity index is 2.60. The first kappa shape index (κ1) is 31.0.